The summed E-state index contributed by atoms with van der Waals surface area (Å²) in [7, 11) is 2.06. The van der Waals surface area contributed by atoms with Crippen molar-refractivity contribution in [1.29, 1.82) is 0 Å². The summed E-state index contributed by atoms with van der Waals surface area (Å²) in [6, 6.07) is 4.90. The lowest BCUT2D eigenvalue weighted by Crippen LogP contribution is -2.40. The van der Waals surface area contributed by atoms with Crippen molar-refractivity contribution in [2.75, 3.05) is 20.1 Å². The number of pyridine rings is 1. The third-order valence-electron chi connectivity index (χ3n) is 4.03. The van der Waals surface area contributed by atoms with Gasteiger partial charge < -0.3 is 9.72 Å². The van der Waals surface area contributed by atoms with Crippen LogP contribution in [0.3, 0.4) is 0 Å². The van der Waals surface area contributed by atoms with Gasteiger partial charge in [0.2, 0.25) is 0 Å². The second-order valence-electron chi connectivity index (χ2n) is 5.54. The van der Waals surface area contributed by atoms with E-state index in [0.717, 1.165) is 12.2 Å². The van der Waals surface area contributed by atoms with E-state index in [4.69, 9.17) is 4.98 Å². The summed E-state index contributed by atoms with van der Waals surface area (Å²) in [6.45, 7) is 5.41. The van der Waals surface area contributed by atoms with Gasteiger partial charge in [-0.25, -0.2) is 4.98 Å². The molecule has 0 bridgehead atoms. The largest absolute Gasteiger partial charge is 0.317 e. The number of nitrogens with zero attached hydrogens (tertiary/aromatic N) is 3. The van der Waals surface area contributed by atoms with Gasteiger partial charge in [0.05, 0.1) is 5.69 Å². The molecular weight excluding hydrogens is 236 g/mol. The van der Waals surface area contributed by atoms with E-state index in [-0.39, 0.29) is 0 Å². The molecule has 4 heteroatoms. The van der Waals surface area contributed by atoms with Gasteiger partial charge in [-0.05, 0) is 38.4 Å². The first kappa shape index (κ1) is 12.6. The second-order valence-corrected chi connectivity index (χ2v) is 5.54. The molecule has 1 N–H and O–H groups in total. The third-order valence-corrected chi connectivity index (χ3v) is 4.03. The van der Waals surface area contributed by atoms with Crippen molar-refractivity contribution < 1.29 is 0 Å². The highest BCUT2D eigenvalue weighted by Crippen LogP contribution is 2.14. The molecule has 4 nitrogen and oxygen atoms in total. The van der Waals surface area contributed by atoms with E-state index in [0.29, 0.717) is 6.04 Å². The fraction of sp³-hybridized carbons (Fsp3) is 0.533. The van der Waals surface area contributed by atoms with Crippen LogP contribution in [0.5, 0.6) is 0 Å². The summed E-state index contributed by atoms with van der Waals surface area (Å²) in [4.78, 5) is 7.20. The molecule has 0 spiro atoms. The molecule has 102 valence electrons. The summed E-state index contributed by atoms with van der Waals surface area (Å²) in [6.07, 6.45) is 6.78. The maximum absolute atomic E-state index is 4.69. The lowest BCUT2D eigenvalue weighted by Gasteiger charge is -2.31. The van der Waals surface area contributed by atoms with E-state index in [1.54, 1.807) is 0 Å². The van der Waals surface area contributed by atoms with Gasteiger partial charge in [0.15, 0.2) is 0 Å². The first-order chi connectivity index (χ1) is 9.24. The van der Waals surface area contributed by atoms with Gasteiger partial charge in [-0.15, -0.1) is 0 Å². The fourth-order valence-corrected chi connectivity index (χ4v) is 2.84. The van der Waals surface area contributed by atoms with Crippen LogP contribution in [0.15, 0.2) is 24.5 Å². The smallest absolute Gasteiger partial charge is 0.137 e. The Labute approximate surface area is 114 Å². The SMILES string of the molecule is CNC1CCN(Cc2cn3cc(C)ccc3n2)CC1. The number of hydrogen-bond donors (Lipinski definition) is 1. The van der Waals surface area contributed by atoms with Gasteiger partial charge in [-0.1, -0.05) is 6.07 Å². The molecule has 0 aliphatic carbocycles. The Balaban J connectivity index is 1.68. The molecule has 0 amide bonds. The van der Waals surface area contributed by atoms with E-state index >= 15 is 0 Å². The van der Waals surface area contributed by atoms with Crippen LogP contribution in [0.25, 0.3) is 5.65 Å². The molecule has 3 heterocycles. The van der Waals surface area contributed by atoms with E-state index < -0.39 is 0 Å². The molecule has 3 rings (SSSR count). The second kappa shape index (κ2) is 5.31. The predicted octanol–water partition coefficient (Wildman–Crippen LogP) is 1.83. The number of aromatic nitrogens is 2. The van der Waals surface area contributed by atoms with Crippen LogP contribution < -0.4 is 5.32 Å². The van der Waals surface area contributed by atoms with Gasteiger partial charge >= 0.3 is 0 Å². The van der Waals surface area contributed by atoms with Crippen LogP contribution in [0.2, 0.25) is 0 Å². The Bertz CT molecular complexity index is 552. The van der Waals surface area contributed by atoms with Gasteiger partial charge in [0.1, 0.15) is 5.65 Å². The number of nitrogens with one attached hydrogen (secondary N) is 1. The average molecular weight is 258 g/mol. The van der Waals surface area contributed by atoms with Gasteiger partial charge in [0.25, 0.3) is 0 Å². The standard InChI is InChI=1S/C15H22N4/c1-12-3-4-15-17-14(11-19(15)9-12)10-18-7-5-13(16-2)6-8-18/h3-4,9,11,13,16H,5-8,10H2,1-2H3. The summed E-state index contributed by atoms with van der Waals surface area (Å²) < 4.78 is 2.13. The van der Waals surface area contributed by atoms with Crippen molar-refractivity contribution in [2.45, 2.75) is 32.4 Å². The van der Waals surface area contributed by atoms with Crippen LogP contribution in [-0.4, -0.2) is 40.5 Å². The van der Waals surface area contributed by atoms with Crippen molar-refractivity contribution in [2.24, 2.45) is 0 Å². The maximum atomic E-state index is 4.69. The third kappa shape index (κ3) is 2.80. The van der Waals surface area contributed by atoms with Crippen molar-refractivity contribution in [3.63, 3.8) is 0 Å². The van der Waals surface area contributed by atoms with Crippen LogP contribution in [0, 0.1) is 6.92 Å². The molecule has 2 aromatic rings. The zero-order valence-electron chi connectivity index (χ0n) is 11.8. The molecule has 1 saturated heterocycles. The highest BCUT2D eigenvalue weighted by molar-refractivity contribution is 5.41. The summed E-state index contributed by atoms with van der Waals surface area (Å²) in [5.74, 6) is 0. The number of aryl methyl sites for hydroxylation is 1. The van der Waals surface area contributed by atoms with E-state index in [2.05, 4.69) is 53.1 Å². The summed E-state index contributed by atoms with van der Waals surface area (Å²) in [5.41, 5.74) is 3.49. The van der Waals surface area contributed by atoms with Crippen molar-refractivity contribution in [1.82, 2.24) is 19.6 Å². The topological polar surface area (TPSA) is 32.6 Å². The van der Waals surface area contributed by atoms with Crippen LogP contribution in [0.1, 0.15) is 24.1 Å². The minimum Gasteiger partial charge on any atom is -0.317 e. The molecular formula is C15H22N4. The fourth-order valence-electron chi connectivity index (χ4n) is 2.84. The van der Waals surface area contributed by atoms with E-state index in [1.165, 1.54) is 37.2 Å². The molecule has 1 aliphatic heterocycles. The van der Waals surface area contributed by atoms with Gasteiger partial charge in [-0.3, -0.25) is 4.90 Å². The molecule has 1 aliphatic rings. The average Bonchev–Trinajstić information content (AvgIpc) is 2.81. The number of rotatable bonds is 3. The molecule has 0 radical (unpaired) electrons. The van der Waals surface area contributed by atoms with Crippen molar-refractivity contribution in [3.8, 4) is 0 Å². The highest BCUT2D eigenvalue weighted by atomic mass is 15.2. The number of imidazole rings is 1. The Hall–Kier alpha value is -1.39. The van der Waals surface area contributed by atoms with Crippen molar-refractivity contribution in [3.05, 3.63) is 35.8 Å². The summed E-state index contributed by atoms with van der Waals surface area (Å²) >= 11 is 0. The molecule has 1 fully saturated rings. The lowest BCUT2D eigenvalue weighted by atomic mass is 10.1. The molecule has 0 aromatic carbocycles. The highest BCUT2D eigenvalue weighted by Gasteiger charge is 2.18. The first-order valence-corrected chi connectivity index (χ1v) is 7.08. The zero-order valence-corrected chi connectivity index (χ0v) is 11.8. The van der Waals surface area contributed by atoms with Gasteiger partial charge in [-0.2, -0.15) is 0 Å². The minimum absolute atomic E-state index is 0.694. The maximum Gasteiger partial charge on any atom is 0.137 e. The molecule has 0 saturated carbocycles. The van der Waals surface area contributed by atoms with Crippen molar-refractivity contribution >= 4 is 5.65 Å². The normalized spacial score (nSPS) is 18.2. The van der Waals surface area contributed by atoms with E-state index in [1.807, 2.05) is 0 Å². The van der Waals surface area contributed by atoms with Gasteiger partial charge in [0, 0.05) is 38.1 Å². The van der Waals surface area contributed by atoms with Crippen LogP contribution in [-0.2, 0) is 6.54 Å². The Kier molecular flexibility index (Phi) is 3.53. The van der Waals surface area contributed by atoms with E-state index in [9.17, 15) is 0 Å². The number of fused-ring (bicyclic) bond motifs is 1. The Morgan fingerprint density at radius 2 is 2.05 bits per heavy atom. The lowest BCUT2D eigenvalue weighted by molar-refractivity contribution is 0.193. The summed E-state index contributed by atoms with van der Waals surface area (Å²) in [5, 5.41) is 3.37. The number of piperidine rings is 1. The Morgan fingerprint density at radius 1 is 1.26 bits per heavy atom. The first-order valence-electron chi connectivity index (χ1n) is 7.08. The molecule has 0 atom stereocenters. The van der Waals surface area contributed by atoms with Crippen LogP contribution in [0.4, 0.5) is 0 Å². The quantitative estimate of drug-likeness (QED) is 0.911. The predicted molar refractivity (Wildman–Crippen MR) is 77.3 cm³/mol. The number of hydrogen-bond acceptors (Lipinski definition) is 3. The monoisotopic (exact) mass is 258 g/mol. The molecule has 2 aromatic heterocycles. The molecule has 0 unspecified atom stereocenters. The minimum atomic E-state index is 0.694. The zero-order chi connectivity index (χ0) is 13.2. The van der Waals surface area contributed by atoms with Crippen LogP contribution >= 0.6 is 0 Å². The Morgan fingerprint density at radius 3 is 2.79 bits per heavy atom. The number of likely N-dealkylation sites (tertiary alicyclic amines) is 1. The molecule has 19 heavy (non-hydrogen) atoms.